The third-order valence-electron chi connectivity index (χ3n) is 4.18. The van der Waals surface area contributed by atoms with E-state index in [0.717, 1.165) is 29.8 Å². The highest BCUT2D eigenvalue weighted by Gasteiger charge is 2.36. The van der Waals surface area contributed by atoms with Gasteiger partial charge in [0.1, 0.15) is 5.82 Å². The van der Waals surface area contributed by atoms with E-state index in [1.54, 1.807) is 17.0 Å². The molecule has 3 rings (SSSR count). The largest absolute Gasteiger partial charge is 0.338 e. The van der Waals surface area contributed by atoms with Gasteiger partial charge in [-0.3, -0.25) is 9.89 Å². The van der Waals surface area contributed by atoms with E-state index in [4.69, 9.17) is 0 Å². The summed E-state index contributed by atoms with van der Waals surface area (Å²) >= 11 is 0. The molecule has 1 aromatic heterocycles. The molecule has 1 fully saturated rings. The maximum Gasteiger partial charge on any atom is 0.228 e. The molecule has 1 heterocycles. The summed E-state index contributed by atoms with van der Waals surface area (Å²) in [6, 6.07) is 8.38. The molecule has 1 aliphatic rings. The molecule has 5 heteroatoms. The Bertz CT molecular complexity index is 661. The predicted molar refractivity (Wildman–Crippen MR) is 81.7 cm³/mol. The lowest BCUT2D eigenvalue weighted by Crippen LogP contribution is -2.33. The van der Waals surface area contributed by atoms with Crippen LogP contribution in [-0.4, -0.2) is 28.1 Å². The van der Waals surface area contributed by atoms with Crippen molar-refractivity contribution in [3.63, 3.8) is 0 Å². The first-order chi connectivity index (χ1) is 10.5. The van der Waals surface area contributed by atoms with E-state index < -0.39 is 0 Å². The number of hydrogen-bond acceptors (Lipinski definition) is 2. The van der Waals surface area contributed by atoms with Gasteiger partial charge in [0.15, 0.2) is 0 Å². The fraction of sp³-hybridized carbons (Fsp3) is 0.412. The molecule has 2 aromatic rings. The van der Waals surface area contributed by atoms with E-state index in [1.165, 1.54) is 12.1 Å². The number of nitrogens with one attached hydrogen (secondary N) is 1. The first-order valence-corrected chi connectivity index (χ1v) is 7.56. The number of amides is 1. The van der Waals surface area contributed by atoms with Crippen LogP contribution in [0.2, 0.25) is 0 Å². The summed E-state index contributed by atoms with van der Waals surface area (Å²) in [6.45, 7) is 1.91. The van der Waals surface area contributed by atoms with Gasteiger partial charge in [0.05, 0.1) is 18.2 Å². The van der Waals surface area contributed by atoms with Crippen LogP contribution in [0.15, 0.2) is 30.3 Å². The summed E-state index contributed by atoms with van der Waals surface area (Å²) in [5.74, 6) is 0.257. The number of halogens is 1. The molecule has 0 unspecified atom stereocenters. The monoisotopic (exact) mass is 301 g/mol. The van der Waals surface area contributed by atoms with Crippen LogP contribution in [0, 0.1) is 18.7 Å². The summed E-state index contributed by atoms with van der Waals surface area (Å²) < 4.78 is 13.1. The molecule has 1 N–H and O–H groups in total. The lowest BCUT2D eigenvalue weighted by molar-refractivity contribution is -0.131. The number of carbonyl (C=O) groups is 1. The minimum Gasteiger partial charge on any atom is -0.338 e. The minimum absolute atomic E-state index is 0.0214. The van der Waals surface area contributed by atoms with Crippen molar-refractivity contribution in [3.8, 4) is 0 Å². The SMILES string of the molecule is Cc1cc(CC(=O)N(C)[C@H](c2ccc(F)cc2)C2CC2)n[nH]1. The molecule has 22 heavy (non-hydrogen) atoms. The Morgan fingerprint density at radius 2 is 2.09 bits per heavy atom. The summed E-state index contributed by atoms with van der Waals surface area (Å²) in [4.78, 5) is 14.3. The quantitative estimate of drug-likeness (QED) is 0.923. The summed E-state index contributed by atoms with van der Waals surface area (Å²) in [5, 5.41) is 6.97. The highest BCUT2D eigenvalue weighted by Crippen LogP contribution is 2.44. The molecule has 1 atom stereocenters. The number of aromatic amines is 1. The van der Waals surface area contributed by atoms with Crippen molar-refractivity contribution < 1.29 is 9.18 Å². The van der Waals surface area contributed by atoms with Crippen LogP contribution in [0.25, 0.3) is 0 Å². The highest BCUT2D eigenvalue weighted by molar-refractivity contribution is 5.78. The number of nitrogens with zero attached hydrogens (tertiary/aromatic N) is 2. The lowest BCUT2D eigenvalue weighted by Gasteiger charge is -2.28. The van der Waals surface area contributed by atoms with Crippen LogP contribution in [0.3, 0.4) is 0 Å². The zero-order valence-corrected chi connectivity index (χ0v) is 12.8. The number of aromatic nitrogens is 2. The Morgan fingerprint density at radius 3 is 2.64 bits per heavy atom. The number of benzene rings is 1. The fourth-order valence-corrected chi connectivity index (χ4v) is 2.88. The standard InChI is InChI=1S/C17H20FN3O/c1-11-9-15(20-19-11)10-16(22)21(2)17(12-3-4-12)13-5-7-14(18)8-6-13/h5-9,12,17H,3-4,10H2,1-2H3,(H,19,20)/t17-/m0/s1. The van der Waals surface area contributed by atoms with Crippen molar-refractivity contribution in [2.24, 2.45) is 5.92 Å². The predicted octanol–water partition coefficient (Wildman–Crippen LogP) is 3.01. The van der Waals surface area contributed by atoms with Crippen LogP contribution in [0.5, 0.6) is 0 Å². The Hall–Kier alpha value is -2.17. The Labute approximate surface area is 129 Å². The van der Waals surface area contributed by atoms with Crippen LogP contribution < -0.4 is 0 Å². The normalized spacial score (nSPS) is 15.6. The fourth-order valence-electron chi connectivity index (χ4n) is 2.88. The van der Waals surface area contributed by atoms with Crippen LogP contribution in [-0.2, 0) is 11.2 Å². The molecule has 1 aliphatic carbocycles. The van der Waals surface area contributed by atoms with E-state index in [9.17, 15) is 9.18 Å². The smallest absolute Gasteiger partial charge is 0.228 e. The average molecular weight is 301 g/mol. The second-order valence-corrected chi connectivity index (χ2v) is 6.06. The summed E-state index contributed by atoms with van der Waals surface area (Å²) in [7, 11) is 1.83. The van der Waals surface area contributed by atoms with Gasteiger partial charge in [-0.1, -0.05) is 12.1 Å². The number of rotatable bonds is 5. The molecule has 0 bridgehead atoms. The van der Waals surface area contributed by atoms with Gasteiger partial charge >= 0.3 is 0 Å². The summed E-state index contributed by atoms with van der Waals surface area (Å²) in [6.07, 6.45) is 2.51. The van der Waals surface area contributed by atoms with E-state index in [-0.39, 0.29) is 24.2 Å². The molecule has 1 saturated carbocycles. The second-order valence-electron chi connectivity index (χ2n) is 6.06. The topological polar surface area (TPSA) is 49.0 Å². The highest BCUT2D eigenvalue weighted by atomic mass is 19.1. The molecular weight excluding hydrogens is 281 g/mol. The molecule has 0 saturated heterocycles. The summed E-state index contributed by atoms with van der Waals surface area (Å²) in [5.41, 5.74) is 2.70. The van der Waals surface area contributed by atoms with Gasteiger partial charge < -0.3 is 4.90 Å². The molecule has 4 nitrogen and oxygen atoms in total. The first-order valence-electron chi connectivity index (χ1n) is 7.56. The molecule has 0 radical (unpaired) electrons. The van der Waals surface area contributed by atoms with Crippen LogP contribution >= 0.6 is 0 Å². The van der Waals surface area contributed by atoms with Crippen molar-refractivity contribution in [2.45, 2.75) is 32.2 Å². The van der Waals surface area contributed by atoms with Gasteiger partial charge in [0, 0.05) is 12.7 Å². The Kier molecular flexibility index (Phi) is 3.96. The van der Waals surface area contributed by atoms with Crippen LogP contribution in [0.4, 0.5) is 4.39 Å². The first kappa shape index (κ1) is 14.8. The zero-order valence-electron chi connectivity index (χ0n) is 12.8. The molecule has 116 valence electrons. The van der Waals surface area contributed by atoms with Crippen molar-refractivity contribution in [2.75, 3.05) is 7.05 Å². The number of carbonyl (C=O) groups excluding carboxylic acids is 1. The third-order valence-corrected chi connectivity index (χ3v) is 4.18. The number of likely N-dealkylation sites (N-methyl/N-ethyl adjacent to an activating group) is 1. The van der Waals surface area contributed by atoms with E-state index >= 15 is 0 Å². The maximum absolute atomic E-state index is 13.1. The van der Waals surface area contributed by atoms with Crippen molar-refractivity contribution in [1.29, 1.82) is 0 Å². The van der Waals surface area contributed by atoms with E-state index in [1.807, 2.05) is 20.0 Å². The zero-order chi connectivity index (χ0) is 15.7. The van der Waals surface area contributed by atoms with Crippen LogP contribution in [0.1, 0.15) is 35.8 Å². The molecule has 1 aromatic carbocycles. The lowest BCUT2D eigenvalue weighted by atomic mass is 10.0. The second kappa shape index (κ2) is 5.91. The van der Waals surface area contributed by atoms with Gasteiger partial charge in [-0.15, -0.1) is 0 Å². The molecule has 0 spiro atoms. The maximum atomic E-state index is 13.1. The van der Waals surface area contributed by atoms with Gasteiger partial charge in [-0.25, -0.2) is 4.39 Å². The molecule has 1 amide bonds. The number of hydrogen-bond donors (Lipinski definition) is 1. The Balaban J connectivity index is 1.76. The van der Waals surface area contributed by atoms with E-state index in [2.05, 4.69) is 10.2 Å². The van der Waals surface area contributed by atoms with Crippen molar-refractivity contribution >= 4 is 5.91 Å². The van der Waals surface area contributed by atoms with Gasteiger partial charge in [0.2, 0.25) is 5.91 Å². The number of aryl methyl sites for hydroxylation is 1. The van der Waals surface area contributed by atoms with E-state index in [0.29, 0.717) is 5.92 Å². The van der Waals surface area contributed by atoms with Gasteiger partial charge in [-0.2, -0.15) is 5.10 Å². The van der Waals surface area contributed by atoms with Crippen molar-refractivity contribution in [1.82, 2.24) is 15.1 Å². The molecular formula is C17H20FN3O. The molecule has 0 aliphatic heterocycles. The Morgan fingerprint density at radius 1 is 1.41 bits per heavy atom. The third kappa shape index (κ3) is 3.18. The minimum atomic E-state index is -0.251. The van der Waals surface area contributed by atoms with Gasteiger partial charge in [0.25, 0.3) is 0 Å². The van der Waals surface area contributed by atoms with Gasteiger partial charge in [-0.05, 0) is 49.4 Å². The van der Waals surface area contributed by atoms with Crippen molar-refractivity contribution in [3.05, 3.63) is 53.1 Å². The average Bonchev–Trinajstić information content (AvgIpc) is 3.24. The number of H-pyrrole nitrogens is 1.